The molecule has 1 aromatic rings. The van der Waals surface area contributed by atoms with E-state index in [-0.39, 0.29) is 5.82 Å². The number of halogens is 2. The van der Waals surface area contributed by atoms with Crippen LogP contribution in [0.5, 0.6) is 0 Å². The monoisotopic (exact) mass is 292 g/mol. The molecule has 0 amide bonds. The molecule has 70 valence electrons. The van der Waals surface area contributed by atoms with Crippen LogP contribution in [0.3, 0.4) is 0 Å². The Morgan fingerprint density at radius 1 is 1.54 bits per heavy atom. The standard InChI is InChI=1S/C9H10FIN2/c1-13-3-2-12-8-5-7(11)6(10)4-9(8)13/h4-5,12H,2-3H2,1H3. The second kappa shape index (κ2) is 3.32. The molecule has 2 nitrogen and oxygen atoms in total. The zero-order valence-corrected chi connectivity index (χ0v) is 9.43. The number of anilines is 2. The molecule has 0 saturated heterocycles. The topological polar surface area (TPSA) is 15.3 Å². The minimum Gasteiger partial charge on any atom is -0.382 e. The van der Waals surface area contributed by atoms with Gasteiger partial charge in [-0.1, -0.05) is 0 Å². The van der Waals surface area contributed by atoms with Crippen molar-refractivity contribution in [2.24, 2.45) is 0 Å². The smallest absolute Gasteiger partial charge is 0.138 e. The van der Waals surface area contributed by atoms with Crippen molar-refractivity contribution in [2.45, 2.75) is 0 Å². The van der Waals surface area contributed by atoms with Crippen molar-refractivity contribution in [3.63, 3.8) is 0 Å². The summed E-state index contributed by atoms with van der Waals surface area (Å²) in [5, 5.41) is 3.25. The summed E-state index contributed by atoms with van der Waals surface area (Å²) in [6.45, 7) is 1.85. The second-order valence-electron chi connectivity index (χ2n) is 3.13. The Morgan fingerprint density at radius 3 is 3.08 bits per heavy atom. The molecule has 0 radical (unpaired) electrons. The van der Waals surface area contributed by atoms with Gasteiger partial charge in [-0.25, -0.2) is 4.39 Å². The van der Waals surface area contributed by atoms with E-state index in [1.807, 2.05) is 35.7 Å². The molecule has 0 aromatic heterocycles. The first-order chi connectivity index (χ1) is 6.18. The molecule has 0 bridgehead atoms. The highest BCUT2D eigenvalue weighted by Crippen LogP contribution is 2.31. The van der Waals surface area contributed by atoms with E-state index in [4.69, 9.17) is 0 Å². The molecule has 0 aliphatic carbocycles. The van der Waals surface area contributed by atoms with E-state index < -0.39 is 0 Å². The van der Waals surface area contributed by atoms with E-state index in [9.17, 15) is 4.39 Å². The van der Waals surface area contributed by atoms with Gasteiger partial charge in [-0.15, -0.1) is 0 Å². The molecule has 0 spiro atoms. The Bertz CT molecular complexity index is 341. The average Bonchev–Trinajstić information content (AvgIpc) is 2.09. The Morgan fingerprint density at radius 2 is 2.31 bits per heavy atom. The fourth-order valence-electron chi connectivity index (χ4n) is 1.47. The van der Waals surface area contributed by atoms with Gasteiger partial charge in [0.25, 0.3) is 0 Å². The summed E-state index contributed by atoms with van der Waals surface area (Å²) in [4.78, 5) is 2.06. The van der Waals surface area contributed by atoms with Gasteiger partial charge in [-0.05, 0) is 28.7 Å². The van der Waals surface area contributed by atoms with Crippen LogP contribution in [0.15, 0.2) is 12.1 Å². The van der Waals surface area contributed by atoms with Crippen molar-refractivity contribution in [1.82, 2.24) is 0 Å². The number of nitrogens with zero attached hydrogens (tertiary/aromatic N) is 1. The zero-order valence-electron chi connectivity index (χ0n) is 7.27. The average molecular weight is 292 g/mol. The Kier molecular flexibility index (Phi) is 2.31. The number of benzene rings is 1. The van der Waals surface area contributed by atoms with Gasteiger partial charge >= 0.3 is 0 Å². The summed E-state index contributed by atoms with van der Waals surface area (Å²) >= 11 is 2.00. The van der Waals surface area contributed by atoms with Crippen LogP contribution in [-0.4, -0.2) is 20.1 Å². The molecule has 1 N–H and O–H groups in total. The summed E-state index contributed by atoms with van der Waals surface area (Å²) in [7, 11) is 1.98. The summed E-state index contributed by atoms with van der Waals surface area (Å²) in [6, 6.07) is 3.43. The fourth-order valence-corrected chi connectivity index (χ4v) is 1.94. The number of hydrogen-bond donors (Lipinski definition) is 1. The van der Waals surface area contributed by atoms with E-state index in [2.05, 4.69) is 10.2 Å². The maximum atomic E-state index is 13.2. The van der Waals surface area contributed by atoms with E-state index >= 15 is 0 Å². The molecule has 4 heteroatoms. The van der Waals surface area contributed by atoms with Gasteiger partial charge in [0.05, 0.1) is 14.9 Å². The molecule has 0 fully saturated rings. The number of fused-ring (bicyclic) bond motifs is 1. The van der Waals surface area contributed by atoms with Gasteiger partial charge in [-0.3, -0.25) is 0 Å². The van der Waals surface area contributed by atoms with Crippen LogP contribution < -0.4 is 10.2 Å². The first-order valence-electron chi connectivity index (χ1n) is 4.12. The van der Waals surface area contributed by atoms with Crippen LogP contribution in [-0.2, 0) is 0 Å². The summed E-state index contributed by atoms with van der Waals surface area (Å²) < 4.78 is 13.9. The van der Waals surface area contributed by atoms with E-state index in [0.29, 0.717) is 3.57 Å². The SMILES string of the molecule is CN1CCNc2cc(I)c(F)cc21. The molecule has 0 saturated carbocycles. The van der Waals surface area contributed by atoms with Crippen molar-refractivity contribution in [3.05, 3.63) is 21.5 Å². The van der Waals surface area contributed by atoms with Crippen LogP contribution >= 0.6 is 22.6 Å². The lowest BCUT2D eigenvalue weighted by molar-refractivity contribution is 0.619. The predicted molar refractivity (Wildman–Crippen MR) is 60.9 cm³/mol. The van der Waals surface area contributed by atoms with Crippen molar-refractivity contribution in [3.8, 4) is 0 Å². The third-order valence-corrected chi connectivity index (χ3v) is 3.04. The number of nitrogens with one attached hydrogen (secondary N) is 1. The third-order valence-electron chi connectivity index (χ3n) is 2.21. The zero-order chi connectivity index (χ0) is 9.42. The van der Waals surface area contributed by atoms with Gasteiger partial charge in [-0.2, -0.15) is 0 Å². The van der Waals surface area contributed by atoms with Gasteiger partial charge in [0, 0.05) is 26.2 Å². The summed E-state index contributed by atoms with van der Waals surface area (Å²) in [6.07, 6.45) is 0. The molecule has 13 heavy (non-hydrogen) atoms. The van der Waals surface area contributed by atoms with Crippen LogP contribution in [0, 0.1) is 9.39 Å². The molecule has 1 aromatic carbocycles. The quantitative estimate of drug-likeness (QED) is 0.738. The fraction of sp³-hybridized carbons (Fsp3) is 0.333. The van der Waals surface area contributed by atoms with Gasteiger partial charge < -0.3 is 10.2 Å². The van der Waals surface area contributed by atoms with Crippen molar-refractivity contribution >= 4 is 34.0 Å². The Balaban J connectivity index is 2.52. The third kappa shape index (κ3) is 1.59. The predicted octanol–water partition coefficient (Wildman–Crippen LogP) is 2.29. The Labute approximate surface area is 90.3 Å². The second-order valence-corrected chi connectivity index (χ2v) is 4.29. The number of rotatable bonds is 0. The molecule has 2 rings (SSSR count). The van der Waals surface area contributed by atoms with Gasteiger partial charge in [0.2, 0.25) is 0 Å². The number of likely N-dealkylation sites (N-methyl/N-ethyl adjacent to an activating group) is 1. The molecule has 0 unspecified atom stereocenters. The highest BCUT2D eigenvalue weighted by atomic mass is 127. The summed E-state index contributed by atoms with van der Waals surface area (Å²) in [5.74, 6) is -0.144. The van der Waals surface area contributed by atoms with Crippen molar-refractivity contribution in [2.75, 3.05) is 30.4 Å². The highest BCUT2D eigenvalue weighted by molar-refractivity contribution is 14.1. The lowest BCUT2D eigenvalue weighted by Gasteiger charge is -2.28. The largest absolute Gasteiger partial charge is 0.382 e. The van der Waals surface area contributed by atoms with Crippen LogP contribution in [0.1, 0.15) is 0 Å². The maximum absolute atomic E-state index is 13.2. The minimum absolute atomic E-state index is 0.144. The van der Waals surface area contributed by atoms with Crippen LogP contribution in [0.25, 0.3) is 0 Å². The molecule has 0 atom stereocenters. The maximum Gasteiger partial charge on any atom is 0.138 e. The number of hydrogen-bond acceptors (Lipinski definition) is 2. The van der Waals surface area contributed by atoms with Crippen molar-refractivity contribution in [1.29, 1.82) is 0 Å². The lowest BCUT2D eigenvalue weighted by Crippen LogP contribution is -2.30. The first kappa shape index (κ1) is 9.05. The van der Waals surface area contributed by atoms with E-state index in [1.165, 1.54) is 0 Å². The highest BCUT2D eigenvalue weighted by Gasteiger charge is 2.15. The molecule has 1 aliphatic heterocycles. The Hall–Kier alpha value is -0.520. The lowest BCUT2D eigenvalue weighted by atomic mass is 10.2. The summed E-state index contributed by atoms with van der Waals surface area (Å²) in [5.41, 5.74) is 1.98. The van der Waals surface area contributed by atoms with Gasteiger partial charge in [0.15, 0.2) is 0 Å². The van der Waals surface area contributed by atoms with Crippen LogP contribution in [0.2, 0.25) is 0 Å². The molecular formula is C9H10FIN2. The minimum atomic E-state index is -0.144. The van der Waals surface area contributed by atoms with Crippen molar-refractivity contribution < 1.29 is 4.39 Å². The molecular weight excluding hydrogens is 282 g/mol. The molecule has 1 aliphatic rings. The van der Waals surface area contributed by atoms with Gasteiger partial charge in [0.1, 0.15) is 5.82 Å². The van der Waals surface area contributed by atoms with E-state index in [0.717, 1.165) is 24.5 Å². The van der Waals surface area contributed by atoms with E-state index in [1.54, 1.807) is 6.07 Å². The van der Waals surface area contributed by atoms with Crippen LogP contribution in [0.4, 0.5) is 15.8 Å². The first-order valence-corrected chi connectivity index (χ1v) is 5.20. The normalized spacial score (nSPS) is 15.2. The molecule has 1 heterocycles.